The summed E-state index contributed by atoms with van der Waals surface area (Å²) in [7, 11) is 2.00. The standard InChI is InChI=1S/C13H18N2/c1-4-9-15(3)13(10-14)12-7-5-11(2)6-8-12/h5-8,13H,4,9H2,1-3H3. The first-order valence-electron chi connectivity index (χ1n) is 5.35. The molecular weight excluding hydrogens is 184 g/mol. The van der Waals surface area contributed by atoms with Crippen LogP contribution in [0.4, 0.5) is 0 Å². The minimum Gasteiger partial charge on any atom is -0.287 e. The van der Waals surface area contributed by atoms with Crippen LogP contribution < -0.4 is 0 Å². The fourth-order valence-electron chi connectivity index (χ4n) is 1.66. The fraction of sp³-hybridized carbons (Fsp3) is 0.462. The van der Waals surface area contributed by atoms with Crippen molar-refractivity contribution in [1.29, 1.82) is 5.26 Å². The van der Waals surface area contributed by atoms with Gasteiger partial charge in [-0.15, -0.1) is 0 Å². The van der Waals surface area contributed by atoms with Gasteiger partial charge in [-0.05, 0) is 32.5 Å². The molecule has 1 aromatic carbocycles. The second-order valence-corrected chi connectivity index (χ2v) is 3.92. The summed E-state index contributed by atoms with van der Waals surface area (Å²) in [6.07, 6.45) is 1.07. The smallest absolute Gasteiger partial charge is 0.123 e. The lowest BCUT2D eigenvalue weighted by molar-refractivity contribution is 0.292. The second-order valence-electron chi connectivity index (χ2n) is 3.92. The monoisotopic (exact) mass is 202 g/mol. The zero-order valence-corrected chi connectivity index (χ0v) is 9.70. The first-order chi connectivity index (χ1) is 7.19. The van der Waals surface area contributed by atoms with Gasteiger partial charge in [-0.2, -0.15) is 5.26 Å². The molecule has 0 radical (unpaired) electrons. The molecule has 0 aliphatic heterocycles. The normalized spacial score (nSPS) is 12.5. The van der Waals surface area contributed by atoms with E-state index in [9.17, 15) is 0 Å². The molecule has 2 heteroatoms. The molecular formula is C13H18N2. The average molecular weight is 202 g/mol. The SMILES string of the molecule is CCCN(C)C(C#N)c1ccc(C)cc1. The molecule has 0 N–H and O–H groups in total. The van der Waals surface area contributed by atoms with Crippen molar-refractivity contribution in [3.8, 4) is 6.07 Å². The molecule has 0 aliphatic carbocycles. The van der Waals surface area contributed by atoms with Gasteiger partial charge in [0.25, 0.3) is 0 Å². The molecule has 1 rings (SSSR count). The Labute approximate surface area is 92.1 Å². The summed E-state index contributed by atoms with van der Waals surface area (Å²) in [4.78, 5) is 2.09. The van der Waals surface area contributed by atoms with E-state index in [2.05, 4.69) is 36.9 Å². The lowest BCUT2D eigenvalue weighted by Crippen LogP contribution is -2.24. The maximum Gasteiger partial charge on any atom is 0.123 e. The molecule has 0 heterocycles. The molecule has 0 spiro atoms. The minimum atomic E-state index is -0.120. The number of hydrogen-bond donors (Lipinski definition) is 0. The van der Waals surface area contributed by atoms with Crippen molar-refractivity contribution in [2.75, 3.05) is 13.6 Å². The molecule has 0 aliphatic rings. The van der Waals surface area contributed by atoms with E-state index in [4.69, 9.17) is 5.26 Å². The predicted molar refractivity (Wildman–Crippen MR) is 62.5 cm³/mol. The van der Waals surface area contributed by atoms with Gasteiger partial charge in [0.05, 0.1) is 6.07 Å². The summed E-state index contributed by atoms with van der Waals surface area (Å²) in [5.74, 6) is 0. The number of hydrogen-bond acceptors (Lipinski definition) is 2. The maximum absolute atomic E-state index is 9.15. The van der Waals surface area contributed by atoms with Gasteiger partial charge >= 0.3 is 0 Å². The fourth-order valence-corrected chi connectivity index (χ4v) is 1.66. The van der Waals surface area contributed by atoms with Crippen molar-refractivity contribution in [2.45, 2.75) is 26.3 Å². The third-order valence-corrected chi connectivity index (χ3v) is 2.53. The summed E-state index contributed by atoms with van der Waals surface area (Å²) in [6.45, 7) is 5.13. The van der Waals surface area contributed by atoms with E-state index in [1.54, 1.807) is 0 Å². The van der Waals surface area contributed by atoms with Crippen LogP contribution in [-0.4, -0.2) is 18.5 Å². The average Bonchev–Trinajstić information content (AvgIpc) is 2.22. The van der Waals surface area contributed by atoms with E-state index in [1.165, 1.54) is 5.56 Å². The highest BCUT2D eigenvalue weighted by atomic mass is 15.1. The Morgan fingerprint density at radius 2 is 1.93 bits per heavy atom. The van der Waals surface area contributed by atoms with E-state index in [0.717, 1.165) is 18.5 Å². The molecule has 2 nitrogen and oxygen atoms in total. The molecule has 0 saturated carbocycles. The lowest BCUT2D eigenvalue weighted by atomic mass is 10.1. The molecule has 80 valence electrons. The van der Waals surface area contributed by atoms with Crippen molar-refractivity contribution in [3.05, 3.63) is 35.4 Å². The van der Waals surface area contributed by atoms with E-state index in [1.807, 2.05) is 19.2 Å². The van der Waals surface area contributed by atoms with E-state index in [-0.39, 0.29) is 6.04 Å². The van der Waals surface area contributed by atoms with Gasteiger partial charge in [0.1, 0.15) is 6.04 Å². The Hall–Kier alpha value is -1.33. The topological polar surface area (TPSA) is 27.0 Å². The summed E-state index contributed by atoms with van der Waals surface area (Å²) >= 11 is 0. The lowest BCUT2D eigenvalue weighted by Gasteiger charge is -2.22. The van der Waals surface area contributed by atoms with Crippen LogP contribution in [0.2, 0.25) is 0 Å². The Kier molecular flexibility index (Phi) is 4.33. The quantitative estimate of drug-likeness (QED) is 0.750. The Bertz CT molecular complexity index is 335. The molecule has 15 heavy (non-hydrogen) atoms. The zero-order valence-electron chi connectivity index (χ0n) is 9.70. The third-order valence-electron chi connectivity index (χ3n) is 2.53. The molecule has 0 saturated heterocycles. The predicted octanol–water partition coefficient (Wildman–Crippen LogP) is 2.90. The van der Waals surface area contributed by atoms with E-state index < -0.39 is 0 Å². The summed E-state index contributed by atoms with van der Waals surface area (Å²) < 4.78 is 0. The molecule has 1 aromatic rings. The summed E-state index contributed by atoms with van der Waals surface area (Å²) in [5, 5.41) is 9.15. The van der Waals surface area contributed by atoms with Crippen LogP contribution in [0.1, 0.15) is 30.5 Å². The van der Waals surface area contributed by atoms with E-state index in [0.29, 0.717) is 0 Å². The number of nitrogens with zero attached hydrogens (tertiary/aromatic N) is 2. The molecule has 1 unspecified atom stereocenters. The third kappa shape index (κ3) is 3.07. The van der Waals surface area contributed by atoms with Crippen molar-refractivity contribution < 1.29 is 0 Å². The number of aryl methyl sites for hydroxylation is 1. The van der Waals surface area contributed by atoms with E-state index >= 15 is 0 Å². The summed E-state index contributed by atoms with van der Waals surface area (Å²) in [5.41, 5.74) is 2.31. The Morgan fingerprint density at radius 1 is 1.33 bits per heavy atom. The van der Waals surface area contributed by atoms with Crippen LogP contribution in [0.5, 0.6) is 0 Å². The zero-order chi connectivity index (χ0) is 11.3. The highest BCUT2D eigenvalue weighted by Crippen LogP contribution is 2.18. The Morgan fingerprint density at radius 3 is 2.40 bits per heavy atom. The molecule has 0 aromatic heterocycles. The molecule has 0 bridgehead atoms. The van der Waals surface area contributed by atoms with Gasteiger partial charge in [0.15, 0.2) is 0 Å². The largest absolute Gasteiger partial charge is 0.287 e. The van der Waals surface area contributed by atoms with Gasteiger partial charge < -0.3 is 0 Å². The maximum atomic E-state index is 9.15. The summed E-state index contributed by atoms with van der Waals surface area (Å²) in [6, 6.07) is 10.4. The van der Waals surface area contributed by atoms with Gasteiger partial charge in [0, 0.05) is 0 Å². The Balaban J connectivity index is 2.84. The van der Waals surface area contributed by atoms with Crippen LogP contribution in [0.15, 0.2) is 24.3 Å². The first kappa shape index (κ1) is 11.7. The molecule has 0 amide bonds. The number of rotatable bonds is 4. The van der Waals surface area contributed by atoms with Crippen LogP contribution >= 0.6 is 0 Å². The van der Waals surface area contributed by atoms with Gasteiger partial charge in [-0.25, -0.2) is 0 Å². The van der Waals surface area contributed by atoms with Crippen molar-refractivity contribution >= 4 is 0 Å². The van der Waals surface area contributed by atoms with Crippen molar-refractivity contribution in [1.82, 2.24) is 4.90 Å². The van der Waals surface area contributed by atoms with Gasteiger partial charge in [0.2, 0.25) is 0 Å². The second kappa shape index (κ2) is 5.53. The first-order valence-corrected chi connectivity index (χ1v) is 5.35. The highest BCUT2D eigenvalue weighted by molar-refractivity contribution is 5.27. The van der Waals surface area contributed by atoms with Crippen LogP contribution in [-0.2, 0) is 0 Å². The van der Waals surface area contributed by atoms with Crippen molar-refractivity contribution in [2.24, 2.45) is 0 Å². The number of benzene rings is 1. The molecule has 0 fully saturated rings. The van der Waals surface area contributed by atoms with Crippen LogP contribution in [0, 0.1) is 18.3 Å². The van der Waals surface area contributed by atoms with Crippen LogP contribution in [0.3, 0.4) is 0 Å². The van der Waals surface area contributed by atoms with Gasteiger partial charge in [-0.1, -0.05) is 36.8 Å². The highest BCUT2D eigenvalue weighted by Gasteiger charge is 2.14. The van der Waals surface area contributed by atoms with Crippen molar-refractivity contribution in [3.63, 3.8) is 0 Å². The molecule has 1 atom stereocenters. The number of nitriles is 1. The minimum absolute atomic E-state index is 0.120. The van der Waals surface area contributed by atoms with Crippen LogP contribution in [0.25, 0.3) is 0 Å². The van der Waals surface area contributed by atoms with Gasteiger partial charge in [-0.3, -0.25) is 4.90 Å².